The summed E-state index contributed by atoms with van der Waals surface area (Å²) < 4.78 is 0. The van der Waals surface area contributed by atoms with Gasteiger partial charge in [-0.1, -0.05) is 26.7 Å². The van der Waals surface area contributed by atoms with Crippen molar-refractivity contribution < 1.29 is 0 Å². The molecule has 0 aromatic carbocycles. The van der Waals surface area contributed by atoms with Crippen molar-refractivity contribution in [3.63, 3.8) is 0 Å². The van der Waals surface area contributed by atoms with E-state index in [0.29, 0.717) is 10.5 Å². The molecular weight excluding hydrogens is 314 g/mol. The summed E-state index contributed by atoms with van der Waals surface area (Å²) in [5.41, 5.74) is 10.7. The number of rotatable bonds is 1. The SMILES string of the molecule is C[C@@]12CCCCC1CCC1C2CC[C@@]2(C)/C(=N\NC(N)=S)CCC12. The average Bonchev–Trinajstić information content (AvgIpc) is 2.89. The Morgan fingerprint density at radius 2 is 1.92 bits per heavy atom. The predicted molar refractivity (Wildman–Crippen MR) is 104 cm³/mol. The Labute approximate surface area is 152 Å². The minimum absolute atomic E-state index is 0.275. The molecule has 134 valence electrons. The standard InChI is InChI=1S/C20H33N3S/c1-19-11-4-3-5-13(19)6-7-14-15-8-9-17(22-23-18(21)24)20(15,2)12-10-16(14)19/h13-16H,3-12H2,1-2H3,(H3,21,23,24)/b22-17-/t13?,14?,15?,16?,19-,20-/m1/s1. The van der Waals surface area contributed by atoms with Crippen molar-refractivity contribution in [3.05, 3.63) is 0 Å². The summed E-state index contributed by atoms with van der Waals surface area (Å²) in [5.74, 6) is 3.70. The molecule has 0 aromatic rings. The molecule has 0 aliphatic heterocycles. The number of hydrazone groups is 1. The van der Waals surface area contributed by atoms with E-state index in [2.05, 4.69) is 24.4 Å². The van der Waals surface area contributed by atoms with Crippen molar-refractivity contribution >= 4 is 23.0 Å². The quantitative estimate of drug-likeness (QED) is 0.538. The van der Waals surface area contributed by atoms with Crippen LogP contribution in [0, 0.1) is 34.5 Å². The Morgan fingerprint density at radius 3 is 2.71 bits per heavy atom. The third-order valence-corrected chi connectivity index (χ3v) is 8.72. The molecule has 0 saturated heterocycles. The third-order valence-electron chi connectivity index (χ3n) is 8.63. The highest BCUT2D eigenvalue weighted by Gasteiger charge is 2.58. The number of nitrogens with zero attached hydrogens (tertiary/aromatic N) is 1. The minimum atomic E-state index is 0.275. The number of nitrogens with two attached hydrogens (primary N) is 1. The van der Waals surface area contributed by atoms with E-state index in [1.807, 2.05) is 0 Å². The molecule has 0 spiro atoms. The summed E-state index contributed by atoms with van der Waals surface area (Å²) in [6.07, 6.45) is 14.0. The van der Waals surface area contributed by atoms with Crippen LogP contribution in [0.3, 0.4) is 0 Å². The summed E-state index contributed by atoms with van der Waals surface area (Å²) in [4.78, 5) is 0. The number of fused-ring (bicyclic) bond motifs is 5. The zero-order valence-corrected chi connectivity index (χ0v) is 16.1. The van der Waals surface area contributed by atoms with Crippen molar-refractivity contribution in [3.8, 4) is 0 Å². The first-order chi connectivity index (χ1) is 11.4. The van der Waals surface area contributed by atoms with Gasteiger partial charge in [-0.05, 0) is 92.7 Å². The summed E-state index contributed by atoms with van der Waals surface area (Å²) in [7, 11) is 0. The van der Waals surface area contributed by atoms with Crippen molar-refractivity contribution in [2.24, 2.45) is 45.3 Å². The van der Waals surface area contributed by atoms with Crippen molar-refractivity contribution in [1.29, 1.82) is 0 Å². The van der Waals surface area contributed by atoms with Gasteiger partial charge in [-0.3, -0.25) is 5.43 Å². The molecule has 0 aromatic heterocycles. The van der Waals surface area contributed by atoms with Crippen LogP contribution in [-0.4, -0.2) is 10.8 Å². The number of nitrogens with one attached hydrogen (secondary N) is 1. The molecule has 6 atom stereocenters. The van der Waals surface area contributed by atoms with E-state index in [-0.39, 0.29) is 5.41 Å². The molecule has 0 radical (unpaired) electrons. The summed E-state index contributed by atoms with van der Waals surface area (Å²) in [6, 6.07) is 0. The molecule has 4 unspecified atom stereocenters. The first-order valence-corrected chi connectivity index (χ1v) is 10.5. The van der Waals surface area contributed by atoms with E-state index in [9.17, 15) is 0 Å². The highest BCUT2D eigenvalue weighted by atomic mass is 32.1. The fourth-order valence-corrected chi connectivity index (χ4v) is 7.44. The lowest BCUT2D eigenvalue weighted by atomic mass is 9.45. The van der Waals surface area contributed by atoms with Crippen LogP contribution in [0.4, 0.5) is 0 Å². The second-order valence-corrected chi connectivity index (χ2v) is 9.87. The summed E-state index contributed by atoms with van der Waals surface area (Å²) >= 11 is 4.94. The van der Waals surface area contributed by atoms with Crippen LogP contribution in [-0.2, 0) is 0 Å². The predicted octanol–water partition coefficient (Wildman–Crippen LogP) is 4.61. The van der Waals surface area contributed by atoms with E-state index >= 15 is 0 Å². The minimum Gasteiger partial charge on any atom is -0.375 e. The second kappa shape index (κ2) is 5.96. The van der Waals surface area contributed by atoms with Gasteiger partial charge < -0.3 is 5.73 Å². The summed E-state index contributed by atoms with van der Waals surface area (Å²) in [6.45, 7) is 5.12. The molecule has 4 heteroatoms. The molecule has 3 nitrogen and oxygen atoms in total. The molecule has 4 aliphatic carbocycles. The number of thiocarbonyl (C=S) groups is 1. The number of hydrogen-bond donors (Lipinski definition) is 2. The van der Waals surface area contributed by atoms with E-state index in [4.69, 9.17) is 18.0 Å². The average molecular weight is 348 g/mol. The zero-order valence-electron chi connectivity index (χ0n) is 15.3. The molecule has 3 N–H and O–H groups in total. The van der Waals surface area contributed by atoms with Gasteiger partial charge in [-0.25, -0.2) is 0 Å². The van der Waals surface area contributed by atoms with Crippen LogP contribution < -0.4 is 11.2 Å². The van der Waals surface area contributed by atoms with Crippen LogP contribution >= 0.6 is 12.2 Å². The van der Waals surface area contributed by atoms with Gasteiger partial charge in [0.1, 0.15) is 0 Å². The fraction of sp³-hybridized carbons (Fsp3) is 0.900. The lowest BCUT2D eigenvalue weighted by molar-refractivity contribution is -0.0936. The van der Waals surface area contributed by atoms with Crippen LogP contribution in [0.5, 0.6) is 0 Å². The van der Waals surface area contributed by atoms with Gasteiger partial charge in [0.05, 0.1) is 0 Å². The highest BCUT2D eigenvalue weighted by Crippen LogP contribution is 2.65. The second-order valence-electron chi connectivity index (χ2n) is 9.43. The maximum atomic E-state index is 5.59. The molecule has 0 bridgehead atoms. The lowest BCUT2D eigenvalue weighted by Crippen LogP contribution is -2.52. The summed E-state index contributed by atoms with van der Waals surface area (Å²) in [5, 5.41) is 4.91. The number of hydrogen-bond acceptors (Lipinski definition) is 2. The molecule has 4 saturated carbocycles. The van der Waals surface area contributed by atoms with Gasteiger partial charge in [0.25, 0.3) is 0 Å². The van der Waals surface area contributed by atoms with E-state index < -0.39 is 0 Å². The van der Waals surface area contributed by atoms with Gasteiger partial charge in [0.2, 0.25) is 0 Å². The Balaban J connectivity index is 1.59. The fourth-order valence-electron chi connectivity index (χ4n) is 7.39. The Morgan fingerprint density at radius 1 is 1.08 bits per heavy atom. The van der Waals surface area contributed by atoms with E-state index in [0.717, 1.165) is 30.1 Å². The van der Waals surface area contributed by atoms with Crippen LogP contribution in [0.1, 0.15) is 78.1 Å². The highest BCUT2D eigenvalue weighted by molar-refractivity contribution is 7.80. The maximum Gasteiger partial charge on any atom is 0.184 e. The van der Waals surface area contributed by atoms with Gasteiger partial charge in [-0.2, -0.15) is 5.10 Å². The normalized spacial score (nSPS) is 49.2. The molecule has 0 heterocycles. The van der Waals surface area contributed by atoms with Crippen molar-refractivity contribution in [2.45, 2.75) is 78.1 Å². The first kappa shape index (κ1) is 16.8. The van der Waals surface area contributed by atoms with Gasteiger partial charge in [0, 0.05) is 11.1 Å². The van der Waals surface area contributed by atoms with E-state index in [1.165, 1.54) is 63.5 Å². The van der Waals surface area contributed by atoms with Crippen LogP contribution in [0.2, 0.25) is 0 Å². The zero-order chi connectivity index (χ0) is 16.9. The van der Waals surface area contributed by atoms with Crippen molar-refractivity contribution in [1.82, 2.24) is 5.43 Å². The third kappa shape index (κ3) is 2.43. The molecule has 24 heavy (non-hydrogen) atoms. The Kier molecular flexibility index (Phi) is 4.18. The first-order valence-electron chi connectivity index (χ1n) is 10.1. The van der Waals surface area contributed by atoms with Crippen LogP contribution in [0.25, 0.3) is 0 Å². The molecule has 4 fully saturated rings. The molecular formula is C20H33N3S. The molecule has 0 amide bonds. The monoisotopic (exact) mass is 347 g/mol. The van der Waals surface area contributed by atoms with Gasteiger partial charge >= 0.3 is 0 Å². The van der Waals surface area contributed by atoms with Gasteiger partial charge in [-0.15, -0.1) is 0 Å². The van der Waals surface area contributed by atoms with Gasteiger partial charge in [0.15, 0.2) is 5.11 Å². The smallest absolute Gasteiger partial charge is 0.184 e. The maximum absolute atomic E-state index is 5.59. The Hall–Kier alpha value is -0.640. The Bertz CT molecular complexity index is 559. The van der Waals surface area contributed by atoms with E-state index in [1.54, 1.807) is 0 Å². The largest absolute Gasteiger partial charge is 0.375 e. The lowest BCUT2D eigenvalue weighted by Gasteiger charge is -2.59. The molecule has 4 aliphatic rings. The molecule has 4 rings (SSSR count). The topological polar surface area (TPSA) is 50.4 Å². The van der Waals surface area contributed by atoms with Crippen molar-refractivity contribution in [2.75, 3.05) is 0 Å². The van der Waals surface area contributed by atoms with Crippen LogP contribution in [0.15, 0.2) is 5.10 Å².